The van der Waals surface area contributed by atoms with Gasteiger partial charge in [0.25, 0.3) is 11.5 Å². The van der Waals surface area contributed by atoms with Crippen molar-refractivity contribution in [1.82, 2.24) is 14.5 Å². The van der Waals surface area contributed by atoms with Crippen LogP contribution in [0.25, 0.3) is 10.9 Å². The van der Waals surface area contributed by atoms with Crippen molar-refractivity contribution in [1.29, 1.82) is 0 Å². The zero-order chi connectivity index (χ0) is 22.2. The monoisotopic (exact) mass is 430 g/mol. The summed E-state index contributed by atoms with van der Waals surface area (Å²) in [7, 11) is 0. The second-order valence-corrected chi connectivity index (χ2v) is 7.37. The number of carbonyl (C=O) groups is 1. The molecule has 4 aromatic rings. The highest BCUT2D eigenvalue weighted by Crippen LogP contribution is 2.32. The van der Waals surface area contributed by atoms with Crippen LogP contribution in [0.1, 0.15) is 21.6 Å². The molecule has 2 N–H and O–H groups in total. The number of carbonyl (C=O) groups excluding carboxylic acids is 1. The fourth-order valence-electron chi connectivity index (χ4n) is 3.59. The second-order valence-electron chi connectivity index (χ2n) is 7.37. The first-order valence-corrected chi connectivity index (χ1v) is 9.88. The van der Waals surface area contributed by atoms with Crippen molar-refractivity contribution in [3.63, 3.8) is 0 Å². The minimum atomic E-state index is -0.696. The number of aromatic nitrogens is 3. The van der Waals surface area contributed by atoms with Crippen molar-refractivity contribution < 1.29 is 14.3 Å². The van der Waals surface area contributed by atoms with Gasteiger partial charge < -0.3 is 19.8 Å². The van der Waals surface area contributed by atoms with Crippen LogP contribution in [-0.4, -0.2) is 27.2 Å². The molecule has 0 radical (unpaired) electrons. The van der Waals surface area contributed by atoms with Gasteiger partial charge >= 0.3 is 5.69 Å². The Balaban J connectivity index is 1.46. The van der Waals surface area contributed by atoms with Crippen molar-refractivity contribution in [3.8, 4) is 11.5 Å². The average Bonchev–Trinajstić information content (AvgIpc) is 3.24. The summed E-state index contributed by atoms with van der Waals surface area (Å²) < 4.78 is 11.6. The van der Waals surface area contributed by atoms with E-state index in [4.69, 9.17) is 9.47 Å². The Morgan fingerprint density at radius 2 is 1.97 bits per heavy atom. The average molecular weight is 430 g/mol. The summed E-state index contributed by atoms with van der Waals surface area (Å²) in [5, 5.41) is 3.50. The van der Waals surface area contributed by atoms with Gasteiger partial charge in [0, 0.05) is 17.3 Å². The predicted octanol–water partition coefficient (Wildman–Crippen LogP) is 2.42. The molecule has 1 aliphatic heterocycles. The van der Waals surface area contributed by atoms with Gasteiger partial charge in [0.05, 0.1) is 17.7 Å². The molecule has 32 heavy (non-hydrogen) atoms. The number of nitrogens with zero attached hydrogens (tertiary/aromatic N) is 2. The number of benzene rings is 2. The molecule has 9 heteroatoms. The molecule has 2 aromatic heterocycles. The van der Waals surface area contributed by atoms with Crippen LogP contribution in [0, 0.1) is 6.92 Å². The maximum atomic E-state index is 13.0. The molecule has 5 rings (SSSR count). The maximum absolute atomic E-state index is 13.0. The third kappa shape index (κ3) is 3.49. The molecule has 1 aliphatic rings. The van der Waals surface area contributed by atoms with Crippen molar-refractivity contribution >= 4 is 22.5 Å². The van der Waals surface area contributed by atoms with Gasteiger partial charge in [0.2, 0.25) is 6.79 Å². The zero-order valence-electron chi connectivity index (χ0n) is 17.0. The highest BCUT2D eigenvalue weighted by molar-refractivity contribution is 6.08. The Morgan fingerprint density at radius 1 is 1.12 bits per heavy atom. The van der Waals surface area contributed by atoms with Crippen molar-refractivity contribution in [2.75, 3.05) is 12.1 Å². The van der Waals surface area contributed by atoms with Crippen LogP contribution >= 0.6 is 0 Å². The number of hydrogen-bond donors (Lipinski definition) is 2. The van der Waals surface area contributed by atoms with Crippen molar-refractivity contribution in [3.05, 3.63) is 92.4 Å². The first-order chi connectivity index (χ1) is 15.5. The molecule has 9 nitrogen and oxygen atoms in total. The lowest BCUT2D eigenvalue weighted by atomic mass is 10.1. The van der Waals surface area contributed by atoms with E-state index in [2.05, 4.69) is 15.3 Å². The fraction of sp³-hybridized carbons (Fsp3) is 0.130. The molecule has 0 aliphatic carbocycles. The number of nitrogens with one attached hydrogen (secondary N) is 2. The number of fused-ring (bicyclic) bond motifs is 2. The van der Waals surface area contributed by atoms with Crippen LogP contribution < -0.4 is 26.0 Å². The summed E-state index contributed by atoms with van der Waals surface area (Å²) in [5.41, 5.74) is 1.27. The number of anilines is 1. The van der Waals surface area contributed by atoms with Gasteiger partial charge in [-0.2, -0.15) is 0 Å². The number of hydrogen-bond acceptors (Lipinski definition) is 6. The summed E-state index contributed by atoms with van der Waals surface area (Å²) in [6, 6.07) is 14.2. The van der Waals surface area contributed by atoms with E-state index >= 15 is 0 Å². The maximum Gasteiger partial charge on any atom is 0.328 e. The predicted molar refractivity (Wildman–Crippen MR) is 117 cm³/mol. The first kappa shape index (κ1) is 19.6. The molecular weight excluding hydrogens is 412 g/mol. The molecule has 160 valence electrons. The van der Waals surface area contributed by atoms with Crippen LogP contribution in [0.2, 0.25) is 0 Å². The topological polar surface area (TPSA) is 115 Å². The van der Waals surface area contributed by atoms with Gasteiger partial charge in [-0.05, 0) is 48.9 Å². The first-order valence-electron chi connectivity index (χ1n) is 9.88. The lowest BCUT2D eigenvalue weighted by molar-refractivity contribution is 0.102. The number of aryl methyl sites for hydroxylation is 1. The van der Waals surface area contributed by atoms with Crippen LogP contribution in [0.3, 0.4) is 0 Å². The molecule has 2 aromatic carbocycles. The smallest absolute Gasteiger partial charge is 0.328 e. The van der Waals surface area contributed by atoms with Crippen LogP contribution in [0.15, 0.2) is 64.3 Å². The van der Waals surface area contributed by atoms with Gasteiger partial charge in [-0.25, -0.2) is 4.79 Å². The number of H-pyrrole nitrogens is 1. The highest BCUT2D eigenvalue weighted by Gasteiger charge is 2.18. The summed E-state index contributed by atoms with van der Waals surface area (Å²) >= 11 is 0. The Bertz CT molecular complexity index is 1490. The Morgan fingerprint density at radius 3 is 2.84 bits per heavy atom. The largest absolute Gasteiger partial charge is 0.454 e. The third-order valence-corrected chi connectivity index (χ3v) is 5.20. The Hall–Kier alpha value is -4.40. The lowest BCUT2D eigenvalue weighted by Crippen LogP contribution is -2.39. The van der Waals surface area contributed by atoms with E-state index in [1.54, 1.807) is 30.3 Å². The van der Waals surface area contributed by atoms with E-state index in [1.807, 2.05) is 25.1 Å². The van der Waals surface area contributed by atoms with Gasteiger partial charge in [0.15, 0.2) is 11.5 Å². The number of aromatic amines is 1. The zero-order valence-corrected chi connectivity index (χ0v) is 17.0. The van der Waals surface area contributed by atoms with Crippen molar-refractivity contribution in [2.24, 2.45) is 0 Å². The number of pyridine rings is 1. The van der Waals surface area contributed by atoms with E-state index in [9.17, 15) is 14.4 Å². The molecule has 0 unspecified atom stereocenters. The second kappa shape index (κ2) is 7.69. The summed E-state index contributed by atoms with van der Waals surface area (Å²) in [6.45, 7) is 1.98. The van der Waals surface area contributed by atoms with E-state index in [0.717, 1.165) is 27.4 Å². The summed E-state index contributed by atoms with van der Waals surface area (Å²) in [6.07, 6.45) is 1.13. The molecule has 3 heterocycles. The lowest BCUT2D eigenvalue weighted by Gasteiger charge is -2.10. The van der Waals surface area contributed by atoms with Crippen LogP contribution in [0.4, 0.5) is 5.69 Å². The van der Waals surface area contributed by atoms with Gasteiger partial charge in [-0.1, -0.05) is 12.1 Å². The molecule has 0 spiro atoms. The minimum Gasteiger partial charge on any atom is -0.454 e. The highest BCUT2D eigenvalue weighted by atomic mass is 16.7. The standard InChI is InChI=1S/C23H18N4O5/c1-13-5-7-15-17(25-13)3-2-4-18(15)26-21(28)16-10-24-23(30)27(22(16)29)11-14-6-8-19-20(9-14)32-12-31-19/h2-10H,11-12H2,1H3,(H,24,30)(H,26,28). The quantitative estimate of drug-likeness (QED) is 0.514. The molecular formula is C23H18N4O5. The number of amides is 1. The van der Waals surface area contributed by atoms with E-state index < -0.39 is 17.2 Å². The van der Waals surface area contributed by atoms with E-state index in [1.165, 1.54) is 0 Å². The Labute approximate surface area is 181 Å². The Kier molecular flexibility index (Phi) is 4.70. The fourth-order valence-corrected chi connectivity index (χ4v) is 3.59. The number of ether oxygens (including phenoxy) is 2. The molecule has 0 saturated carbocycles. The van der Waals surface area contributed by atoms with Gasteiger partial charge in [-0.3, -0.25) is 19.1 Å². The minimum absolute atomic E-state index is 0.0244. The van der Waals surface area contributed by atoms with Gasteiger partial charge in [-0.15, -0.1) is 0 Å². The molecule has 1 amide bonds. The van der Waals surface area contributed by atoms with E-state index in [0.29, 0.717) is 22.7 Å². The van der Waals surface area contributed by atoms with Gasteiger partial charge in [0.1, 0.15) is 5.56 Å². The van der Waals surface area contributed by atoms with Crippen molar-refractivity contribution in [2.45, 2.75) is 13.5 Å². The van der Waals surface area contributed by atoms with Crippen LogP contribution in [0.5, 0.6) is 11.5 Å². The van der Waals surface area contributed by atoms with E-state index in [-0.39, 0.29) is 18.9 Å². The molecule has 0 fully saturated rings. The number of rotatable bonds is 4. The SMILES string of the molecule is Cc1ccc2c(NC(=O)c3c[nH]c(=O)n(Cc4ccc5c(c4)OCO5)c3=O)cccc2n1. The normalized spacial score (nSPS) is 12.2. The third-order valence-electron chi connectivity index (χ3n) is 5.20. The molecule has 0 atom stereocenters. The summed E-state index contributed by atoms with van der Waals surface area (Å²) in [4.78, 5) is 45.1. The molecule has 0 bridgehead atoms. The summed E-state index contributed by atoms with van der Waals surface area (Å²) in [5.74, 6) is 0.516. The molecule has 0 saturated heterocycles. The van der Waals surface area contributed by atoms with Crippen LogP contribution in [-0.2, 0) is 6.54 Å².